The number of aryl methyl sites for hydroxylation is 1. The van der Waals surface area contributed by atoms with Gasteiger partial charge in [-0.25, -0.2) is 12.1 Å². The molecule has 1 heterocycles. The van der Waals surface area contributed by atoms with Gasteiger partial charge in [0.2, 0.25) is 0 Å². The van der Waals surface area contributed by atoms with Gasteiger partial charge in [-0.1, -0.05) is 46.0 Å². The molecule has 0 saturated carbocycles. The predicted molar refractivity (Wildman–Crippen MR) is 48.4 cm³/mol. The quantitative estimate of drug-likeness (QED) is 0.719. The van der Waals surface area contributed by atoms with E-state index in [0.717, 1.165) is 6.42 Å². The molecule has 0 N–H and O–H groups in total. The Kier molecular flexibility index (Phi) is 12.9. The SMILES string of the molecule is CCC.CCc1c[c-]cnc1.[Re]. The number of aromatic nitrogens is 1. The van der Waals surface area contributed by atoms with Gasteiger partial charge in [-0.05, 0) is 0 Å². The van der Waals surface area contributed by atoms with E-state index in [1.807, 2.05) is 12.3 Å². The summed E-state index contributed by atoms with van der Waals surface area (Å²) >= 11 is 0. The molecular weight excluding hydrogens is 320 g/mol. The molecule has 1 nitrogen and oxygen atoms in total. The van der Waals surface area contributed by atoms with Crippen molar-refractivity contribution < 1.29 is 20.4 Å². The van der Waals surface area contributed by atoms with E-state index in [2.05, 4.69) is 31.8 Å². The van der Waals surface area contributed by atoms with Crippen LogP contribution in [-0.2, 0) is 26.8 Å². The smallest absolute Gasteiger partial charge is 0 e. The molecule has 0 bridgehead atoms. The molecule has 0 aromatic carbocycles. The van der Waals surface area contributed by atoms with Crippen molar-refractivity contribution in [3.8, 4) is 0 Å². The summed E-state index contributed by atoms with van der Waals surface area (Å²) in [7, 11) is 0. The fourth-order valence-corrected chi connectivity index (χ4v) is 0.551. The maximum absolute atomic E-state index is 3.90. The van der Waals surface area contributed by atoms with Crippen molar-refractivity contribution >= 4 is 0 Å². The van der Waals surface area contributed by atoms with Crippen LogP contribution in [-0.4, -0.2) is 4.98 Å². The normalized spacial score (nSPS) is 7.58. The van der Waals surface area contributed by atoms with E-state index in [1.165, 1.54) is 12.0 Å². The Morgan fingerprint density at radius 3 is 2.17 bits per heavy atom. The van der Waals surface area contributed by atoms with Crippen molar-refractivity contribution in [2.24, 2.45) is 0 Å². The zero-order valence-electron chi connectivity index (χ0n) is 7.97. The molecule has 1 aromatic rings. The minimum atomic E-state index is 0. The summed E-state index contributed by atoms with van der Waals surface area (Å²) in [6.45, 7) is 6.35. The molecule has 1 rings (SSSR count). The number of rotatable bonds is 1. The molecule has 1 aromatic heterocycles. The molecule has 2 heteroatoms. The van der Waals surface area contributed by atoms with Crippen molar-refractivity contribution in [3.05, 3.63) is 30.1 Å². The van der Waals surface area contributed by atoms with Crippen LogP contribution in [0, 0.1) is 6.07 Å². The monoisotopic (exact) mass is 337 g/mol. The van der Waals surface area contributed by atoms with Crippen molar-refractivity contribution in [2.45, 2.75) is 33.6 Å². The zero-order chi connectivity index (χ0) is 8.53. The molecule has 0 aliphatic heterocycles. The van der Waals surface area contributed by atoms with E-state index < -0.39 is 0 Å². The first-order valence-corrected chi connectivity index (χ1v) is 4.15. The third-order valence-corrected chi connectivity index (χ3v) is 1.07. The number of hydrogen-bond donors (Lipinski definition) is 0. The van der Waals surface area contributed by atoms with Gasteiger partial charge in [0.15, 0.2) is 0 Å². The van der Waals surface area contributed by atoms with Crippen LogP contribution < -0.4 is 0 Å². The largest absolute Gasteiger partial charge is 0.304 e. The van der Waals surface area contributed by atoms with Gasteiger partial charge in [0.1, 0.15) is 0 Å². The van der Waals surface area contributed by atoms with Gasteiger partial charge in [0.05, 0.1) is 0 Å². The van der Waals surface area contributed by atoms with Crippen LogP contribution in [0.2, 0.25) is 0 Å². The average molecular weight is 336 g/mol. The van der Waals surface area contributed by atoms with E-state index in [4.69, 9.17) is 0 Å². The fraction of sp³-hybridized carbons (Fsp3) is 0.500. The Hall–Kier alpha value is -0.188. The minimum Gasteiger partial charge on any atom is -0.304 e. The molecule has 0 spiro atoms. The molecule has 0 unspecified atom stereocenters. The van der Waals surface area contributed by atoms with E-state index in [9.17, 15) is 0 Å². The minimum absolute atomic E-state index is 0. The van der Waals surface area contributed by atoms with Crippen LogP contribution in [0.4, 0.5) is 0 Å². The van der Waals surface area contributed by atoms with Crippen molar-refractivity contribution in [3.63, 3.8) is 0 Å². The molecule has 0 aliphatic rings. The zero-order valence-corrected chi connectivity index (χ0v) is 10.7. The summed E-state index contributed by atoms with van der Waals surface area (Å²) in [5.41, 5.74) is 1.24. The van der Waals surface area contributed by atoms with E-state index in [-0.39, 0.29) is 20.4 Å². The fourth-order valence-electron chi connectivity index (χ4n) is 0.551. The Labute approximate surface area is 89.3 Å². The van der Waals surface area contributed by atoms with Gasteiger partial charge >= 0.3 is 0 Å². The Bertz CT molecular complexity index is 163. The summed E-state index contributed by atoms with van der Waals surface area (Å²) < 4.78 is 0. The summed E-state index contributed by atoms with van der Waals surface area (Å²) in [5.74, 6) is 0. The molecule has 69 valence electrons. The summed E-state index contributed by atoms with van der Waals surface area (Å²) in [4.78, 5) is 3.90. The summed E-state index contributed by atoms with van der Waals surface area (Å²) in [6.07, 6.45) is 5.82. The topological polar surface area (TPSA) is 12.9 Å². The Morgan fingerprint density at radius 1 is 1.33 bits per heavy atom. The molecule has 12 heavy (non-hydrogen) atoms. The number of hydrogen-bond acceptors (Lipinski definition) is 1. The van der Waals surface area contributed by atoms with Gasteiger partial charge < -0.3 is 4.98 Å². The van der Waals surface area contributed by atoms with Gasteiger partial charge in [0.25, 0.3) is 0 Å². The second-order valence-corrected chi connectivity index (χ2v) is 2.35. The number of nitrogens with zero attached hydrogens (tertiary/aromatic N) is 1. The molecule has 0 fully saturated rings. The third-order valence-electron chi connectivity index (χ3n) is 1.07. The molecular formula is C10H16NRe-. The first-order chi connectivity index (χ1) is 5.35. The second kappa shape index (κ2) is 10.8. The van der Waals surface area contributed by atoms with Crippen LogP contribution in [0.25, 0.3) is 0 Å². The van der Waals surface area contributed by atoms with Gasteiger partial charge in [0, 0.05) is 20.4 Å². The summed E-state index contributed by atoms with van der Waals surface area (Å²) in [5, 5.41) is 0. The summed E-state index contributed by atoms with van der Waals surface area (Å²) in [6, 6.07) is 4.85. The Balaban J connectivity index is 0. The van der Waals surface area contributed by atoms with E-state index in [1.54, 1.807) is 6.20 Å². The first kappa shape index (κ1) is 14.3. The molecule has 0 atom stereocenters. The van der Waals surface area contributed by atoms with E-state index in [0.29, 0.717) is 0 Å². The van der Waals surface area contributed by atoms with Crippen LogP contribution in [0.15, 0.2) is 18.5 Å². The van der Waals surface area contributed by atoms with E-state index >= 15 is 0 Å². The van der Waals surface area contributed by atoms with Crippen LogP contribution in [0.3, 0.4) is 0 Å². The van der Waals surface area contributed by atoms with Crippen molar-refractivity contribution in [2.75, 3.05) is 0 Å². The Morgan fingerprint density at radius 2 is 1.92 bits per heavy atom. The molecule has 0 aliphatic carbocycles. The van der Waals surface area contributed by atoms with Gasteiger partial charge in [-0.2, -0.15) is 5.56 Å². The maximum atomic E-state index is 3.90. The van der Waals surface area contributed by atoms with Gasteiger partial charge in [-0.15, -0.1) is 0 Å². The average Bonchev–Trinajstić information content (AvgIpc) is 2.08. The van der Waals surface area contributed by atoms with Crippen molar-refractivity contribution in [1.29, 1.82) is 0 Å². The number of pyridine rings is 1. The molecule has 0 amide bonds. The standard InChI is InChI=1S/C7H8N.C3H8.Re/c1-2-7-4-3-5-8-6-7;1-3-2;/h4-6H,2H2,1H3;3H2,1-2H3;/q-1;;. The molecule has 0 saturated heterocycles. The van der Waals surface area contributed by atoms with Crippen molar-refractivity contribution in [1.82, 2.24) is 4.98 Å². The van der Waals surface area contributed by atoms with Crippen LogP contribution in [0.1, 0.15) is 32.8 Å². The third kappa shape index (κ3) is 7.91. The van der Waals surface area contributed by atoms with Gasteiger partial charge in [-0.3, -0.25) is 0 Å². The predicted octanol–water partition coefficient (Wildman–Crippen LogP) is 2.86. The molecule has 1 radical (unpaired) electrons. The maximum Gasteiger partial charge on any atom is 0 e. The second-order valence-electron chi connectivity index (χ2n) is 2.35. The first-order valence-electron chi connectivity index (χ1n) is 4.15. The van der Waals surface area contributed by atoms with Crippen LogP contribution in [0.5, 0.6) is 0 Å². The van der Waals surface area contributed by atoms with Crippen LogP contribution >= 0.6 is 0 Å².